The van der Waals surface area contributed by atoms with Gasteiger partial charge in [-0.05, 0) is 23.6 Å². The largest absolute Gasteiger partial charge is 0.508 e. The van der Waals surface area contributed by atoms with Crippen molar-refractivity contribution in [1.82, 2.24) is 4.40 Å². The van der Waals surface area contributed by atoms with Crippen LogP contribution in [0.5, 0.6) is 5.75 Å². The van der Waals surface area contributed by atoms with E-state index >= 15 is 0 Å². The van der Waals surface area contributed by atoms with Crippen LogP contribution in [0.1, 0.15) is 0 Å². The van der Waals surface area contributed by atoms with E-state index in [1.165, 1.54) is 0 Å². The molecule has 104 valence electrons. The number of hydrogen-bond acceptors (Lipinski definition) is 2. The van der Waals surface area contributed by atoms with Gasteiger partial charge in [0.05, 0.1) is 11.0 Å². The van der Waals surface area contributed by atoms with Gasteiger partial charge < -0.3 is 5.11 Å². The predicted molar refractivity (Wildman–Crippen MR) is 89.0 cm³/mol. The zero-order valence-electron chi connectivity index (χ0n) is 11.6. The van der Waals surface area contributed by atoms with Crippen LogP contribution in [0.25, 0.3) is 38.0 Å². The minimum Gasteiger partial charge on any atom is -0.508 e. The monoisotopic (exact) mass is 285 g/mol. The van der Waals surface area contributed by atoms with E-state index in [0.717, 1.165) is 32.6 Å². The summed E-state index contributed by atoms with van der Waals surface area (Å²) in [6.07, 6.45) is 0. The zero-order chi connectivity index (χ0) is 14.8. The third-order valence-corrected chi connectivity index (χ3v) is 4.42. The first-order valence-corrected chi connectivity index (χ1v) is 7.16. The first-order chi connectivity index (χ1) is 10.8. The number of rotatable bonds is 0. The first kappa shape index (κ1) is 11.6. The molecule has 0 unspecified atom stereocenters. The van der Waals surface area contributed by atoms with Crippen molar-refractivity contribution >= 4 is 38.0 Å². The van der Waals surface area contributed by atoms with Gasteiger partial charge in [-0.15, -0.1) is 0 Å². The highest BCUT2D eigenvalue weighted by molar-refractivity contribution is 6.20. The Morgan fingerprint density at radius 2 is 1.41 bits per heavy atom. The maximum absolute atomic E-state index is 13.0. The smallest absolute Gasteiger partial charge is 0.263 e. The van der Waals surface area contributed by atoms with Crippen LogP contribution < -0.4 is 5.56 Å². The fourth-order valence-electron chi connectivity index (χ4n) is 3.51. The number of fused-ring (bicyclic) bond motifs is 5. The number of aromatic hydroxyl groups is 1. The Morgan fingerprint density at radius 3 is 2.23 bits per heavy atom. The highest BCUT2D eigenvalue weighted by Crippen LogP contribution is 2.34. The summed E-state index contributed by atoms with van der Waals surface area (Å²) < 4.78 is 1.72. The van der Waals surface area contributed by atoms with E-state index < -0.39 is 0 Å². The van der Waals surface area contributed by atoms with Crippen LogP contribution in [-0.4, -0.2) is 9.51 Å². The van der Waals surface area contributed by atoms with E-state index in [4.69, 9.17) is 0 Å². The van der Waals surface area contributed by atoms with Crippen LogP contribution in [0, 0.1) is 0 Å². The third-order valence-electron chi connectivity index (χ3n) is 4.42. The van der Waals surface area contributed by atoms with Gasteiger partial charge in [0.2, 0.25) is 0 Å². The van der Waals surface area contributed by atoms with E-state index in [-0.39, 0.29) is 11.3 Å². The van der Waals surface area contributed by atoms with Crippen molar-refractivity contribution in [1.29, 1.82) is 0 Å². The van der Waals surface area contributed by atoms with Crippen LogP contribution >= 0.6 is 0 Å². The maximum atomic E-state index is 13.0. The molecule has 0 aliphatic heterocycles. The molecule has 0 saturated carbocycles. The second-order valence-corrected chi connectivity index (χ2v) is 5.59. The normalized spacial score (nSPS) is 12.0. The number of nitrogens with zero attached hydrogens (tertiary/aromatic N) is 1. The summed E-state index contributed by atoms with van der Waals surface area (Å²) in [5, 5.41) is 14.6. The number of aromatic nitrogens is 1. The average Bonchev–Trinajstić information content (AvgIpc) is 2.87. The van der Waals surface area contributed by atoms with Crippen molar-refractivity contribution < 1.29 is 5.11 Å². The zero-order valence-corrected chi connectivity index (χ0v) is 11.6. The molecule has 1 N–H and O–H groups in total. The first-order valence-electron chi connectivity index (χ1n) is 7.16. The van der Waals surface area contributed by atoms with Gasteiger partial charge >= 0.3 is 0 Å². The fraction of sp³-hybridized carbons (Fsp3) is 0. The van der Waals surface area contributed by atoms with Crippen LogP contribution in [0.4, 0.5) is 0 Å². The SMILES string of the molecule is O=c1c2ccccc2c2cccc3c4ccc(O)cc4n1c23. The molecule has 5 aromatic rings. The summed E-state index contributed by atoms with van der Waals surface area (Å²) in [5.74, 6) is 0.166. The lowest BCUT2D eigenvalue weighted by atomic mass is 10.0. The fourth-order valence-corrected chi connectivity index (χ4v) is 3.51. The lowest BCUT2D eigenvalue weighted by Crippen LogP contribution is -2.12. The lowest BCUT2D eigenvalue weighted by Gasteiger charge is -2.05. The highest BCUT2D eigenvalue weighted by atomic mass is 16.3. The molecule has 0 atom stereocenters. The number of para-hydroxylation sites is 1. The average molecular weight is 285 g/mol. The second-order valence-electron chi connectivity index (χ2n) is 5.59. The number of benzene rings is 3. The predicted octanol–water partition coefficient (Wildman–Crippen LogP) is 3.90. The molecule has 0 aliphatic carbocycles. The van der Waals surface area contributed by atoms with Crippen LogP contribution in [0.2, 0.25) is 0 Å². The summed E-state index contributed by atoms with van der Waals surface area (Å²) >= 11 is 0. The Balaban J connectivity index is 2.29. The van der Waals surface area contributed by atoms with Gasteiger partial charge in [0, 0.05) is 27.6 Å². The molecule has 2 heterocycles. The van der Waals surface area contributed by atoms with Crippen molar-refractivity contribution in [2.75, 3.05) is 0 Å². The lowest BCUT2D eigenvalue weighted by molar-refractivity contribution is 0.476. The molecule has 0 spiro atoms. The summed E-state index contributed by atoms with van der Waals surface area (Å²) in [6, 6.07) is 18.9. The minimum absolute atomic E-state index is 0.0418. The molecule has 0 amide bonds. The van der Waals surface area contributed by atoms with Gasteiger partial charge in [0.15, 0.2) is 0 Å². The quantitative estimate of drug-likeness (QED) is 0.438. The van der Waals surface area contributed by atoms with Gasteiger partial charge in [-0.1, -0.05) is 36.4 Å². The third kappa shape index (κ3) is 1.24. The molecule has 0 saturated heterocycles. The summed E-state index contributed by atoms with van der Waals surface area (Å²) in [4.78, 5) is 13.0. The Labute approximate surface area is 125 Å². The van der Waals surface area contributed by atoms with E-state index in [1.54, 1.807) is 16.5 Å². The molecule has 5 rings (SSSR count). The van der Waals surface area contributed by atoms with E-state index in [9.17, 15) is 9.90 Å². The highest BCUT2D eigenvalue weighted by Gasteiger charge is 2.16. The molecular formula is C19H11NO2. The van der Waals surface area contributed by atoms with Crippen molar-refractivity contribution in [2.24, 2.45) is 0 Å². The van der Waals surface area contributed by atoms with Crippen molar-refractivity contribution in [3.05, 3.63) is 71.0 Å². The molecule has 3 nitrogen and oxygen atoms in total. The van der Waals surface area contributed by atoms with E-state index in [2.05, 4.69) is 0 Å². The number of phenols is 1. The van der Waals surface area contributed by atoms with Crippen LogP contribution in [0.15, 0.2) is 65.5 Å². The summed E-state index contributed by atoms with van der Waals surface area (Å²) in [5.41, 5.74) is 1.63. The molecule has 0 fully saturated rings. The summed E-state index contributed by atoms with van der Waals surface area (Å²) in [6.45, 7) is 0. The van der Waals surface area contributed by atoms with Crippen molar-refractivity contribution in [3.8, 4) is 5.75 Å². The number of hydrogen-bond donors (Lipinski definition) is 1. The molecule has 22 heavy (non-hydrogen) atoms. The Bertz CT molecular complexity index is 1250. The summed E-state index contributed by atoms with van der Waals surface area (Å²) in [7, 11) is 0. The Hall–Kier alpha value is -3.07. The van der Waals surface area contributed by atoms with E-state index in [0.29, 0.717) is 5.39 Å². The van der Waals surface area contributed by atoms with Gasteiger partial charge in [0.1, 0.15) is 5.75 Å². The molecule has 3 heteroatoms. The Morgan fingerprint density at radius 1 is 0.727 bits per heavy atom. The van der Waals surface area contributed by atoms with Gasteiger partial charge in [-0.3, -0.25) is 9.20 Å². The molecular weight excluding hydrogens is 274 g/mol. The van der Waals surface area contributed by atoms with E-state index in [1.807, 2.05) is 48.5 Å². The second kappa shape index (κ2) is 3.77. The molecule has 0 bridgehead atoms. The van der Waals surface area contributed by atoms with Gasteiger partial charge in [-0.2, -0.15) is 0 Å². The number of phenolic OH excluding ortho intramolecular Hbond substituents is 1. The van der Waals surface area contributed by atoms with Gasteiger partial charge in [-0.25, -0.2) is 0 Å². The number of pyridine rings is 1. The Kier molecular flexibility index (Phi) is 1.98. The molecule has 0 radical (unpaired) electrons. The van der Waals surface area contributed by atoms with Crippen molar-refractivity contribution in [2.45, 2.75) is 0 Å². The van der Waals surface area contributed by atoms with Gasteiger partial charge in [0.25, 0.3) is 5.56 Å². The molecule has 2 aromatic heterocycles. The van der Waals surface area contributed by atoms with Crippen LogP contribution in [0.3, 0.4) is 0 Å². The van der Waals surface area contributed by atoms with Crippen LogP contribution in [-0.2, 0) is 0 Å². The van der Waals surface area contributed by atoms with Crippen molar-refractivity contribution in [3.63, 3.8) is 0 Å². The standard InChI is InChI=1S/C19H11NO2/c21-11-8-9-13-15-7-3-6-14-12-4-1-2-5-16(12)19(22)20(18(14)15)17(13)10-11/h1-10,21H. The maximum Gasteiger partial charge on any atom is 0.263 e. The molecule has 3 aromatic carbocycles. The molecule has 0 aliphatic rings. The minimum atomic E-state index is -0.0418. The topological polar surface area (TPSA) is 41.7 Å².